The Kier molecular flexibility index (Phi) is 3.62. The molecule has 2 atom stereocenters. The third kappa shape index (κ3) is 2.85. The SMILES string of the molecule is COc1ccc(NC2CCNC(C)C2)nc1. The van der Waals surface area contributed by atoms with Crippen molar-refractivity contribution in [3.05, 3.63) is 18.3 Å². The molecule has 88 valence electrons. The van der Waals surface area contributed by atoms with Crippen LogP contribution in [0, 0.1) is 0 Å². The van der Waals surface area contributed by atoms with Crippen molar-refractivity contribution in [3.8, 4) is 5.75 Å². The molecule has 16 heavy (non-hydrogen) atoms. The van der Waals surface area contributed by atoms with Crippen molar-refractivity contribution < 1.29 is 4.74 Å². The topological polar surface area (TPSA) is 46.2 Å². The molecule has 2 rings (SSSR count). The normalized spacial score (nSPS) is 25.1. The monoisotopic (exact) mass is 221 g/mol. The Morgan fingerprint density at radius 3 is 3.00 bits per heavy atom. The van der Waals surface area contributed by atoms with Crippen LogP contribution in [0.4, 0.5) is 5.82 Å². The molecular formula is C12H19N3O. The number of aromatic nitrogens is 1. The molecule has 0 radical (unpaired) electrons. The number of piperidine rings is 1. The molecule has 0 amide bonds. The molecule has 1 aromatic heterocycles. The number of ether oxygens (including phenoxy) is 1. The molecule has 1 aliphatic rings. The summed E-state index contributed by atoms with van der Waals surface area (Å²) in [5.41, 5.74) is 0. The number of nitrogens with one attached hydrogen (secondary N) is 2. The first-order valence-electron chi connectivity index (χ1n) is 5.78. The Morgan fingerprint density at radius 2 is 2.38 bits per heavy atom. The van der Waals surface area contributed by atoms with Crippen LogP contribution in [0.5, 0.6) is 5.75 Å². The first kappa shape index (κ1) is 11.2. The van der Waals surface area contributed by atoms with E-state index >= 15 is 0 Å². The van der Waals surface area contributed by atoms with Gasteiger partial charge >= 0.3 is 0 Å². The minimum Gasteiger partial charge on any atom is -0.495 e. The zero-order chi connectivity index (χ0) is 11.4. The molecule has 0 saturated carbocycles. The van der Waals surface area contributed by atoms with Crippen molar-refractivity contribution in [2.24, 2.45) is 0 Å². The fourth-order valence-corrected chi connectivity index (χ4v) is 2.06. The lowest BCUT2D eigenvalue weighted by molar-refractivity contribution is 0.395. The highest BCUT2D eigenvalue weighted by Crippen LogP contribution is 2.16. The first-order chi connectivity index (χ1) is 7.78. The first-order valence-corrected chi connectivity index (χ1v) is 5.78. The van der Waals surface area contributed by atoms with Crippen LogP contribution >= 0.6 is 0 Å². The van der Waals surface area contributed by atoms with Crippen molar-refractivity contribution in [1.29, 1.82) is 0 Å². The molecule has 0 aliphatic carbocycles. The minimum absolute atomic E-state index is 0.525. The van der Waals surface area contributed by atoms with Crippen molar-refractivity contribution in [1.82, 2.24) is 10.3 Å². The zero-order valence-electron chi connectivity index (χ0n) is 9.86. The molecule has 2 N–H and O–H groups in total. The fourth-order valence-electron chi connectivity index (χ4n) is 2.06. The maximum atomic E-state index is 5.08. The van der Waals surface area contributed by atoms with E-state index in [1.807, 2.05) is 12.1 Å². The summed E-state index contributed by atoms with van der Waals surface area (Å²) in [7, 11) is 1.65. The van der Waals surface area contributed by atoms with Crippen LogP contribution in [0.2, 0.25) is 0 Å². The van der Waals surface area contributed by atoms with Crippen LogP contribution in [0.25, 0.3) is 0 Å². The summed E-state index contributed by atoms with van der Waals surface area (Å²) in [4.78, 5) is 4.31. The lowest BCUT2D eigenvalue weighted by Gasteiger charge is -2.29. The van der Waals surface area contributed by atoms with Crippen LogP contribution in [-0.2, 0) is 0 Å². The number of nitrogens with zero attached hydrogens (tertiary/aromatic N) is 1. The molecule has 4 nitrogen and oxygen atoms in total. The molecule has 0 bridgehead atoms. The van der Waals surface area contributed by atoms with E-state index in [4.69, 9.17) is 4.74 Å². The number of methoxy groups -OCH3 is 1. The van der Waals surface area contributed by atoms with E-state index in [9.17, 15) is 0 Å². The Balaban J connectivity index is 1.92. The van der Waals surface area contributed by atoms with E-state index in [1.165, 1.54) is 0 Å². The quantitative estimate of drug-likeness (QED) is 0.814. The average Bonchev–Trinajstić information content (AvgIpc) is 2.30. The lowest BCUT2D eigenvalue weighted by Crippen LogP contribution is -2.41. The second-order valence-corrected chi connectivity index (χ2v) is 4.30. The molecule has 2 unspecified atom stereocenters. The van der Waals surface area contributed by atoms with Gasteiger partial charge in [-0.25, -0.2) is 4.98 Å². The summed E-state index contributed by atoms with van der Waals surface area (Å²) >= 11 is 0. The fraction of sp³-hybridized carbons (Fsp3) is 0.583. The van der Waals surface area contributed by atoms with Gasteiger partial charge in [0.25, 0.3) is 0 Å². The van der Waals surface area contributed by atoms with Gasteiger partial charge < -0.3 is 15.4 Å². The standard InChI is InChI=1S/C12H19N3O/c1-9-7-10(5-6-13-9)15-12-4-3-11(16-2)8-14-12/h3-4,8-10,13H,5-7H2,1-2H3,(H,14,15). The van der Waals surface area contributed by atoms with Crippen LogP contribution in [0.1, 0.15) is 19.8 Å². The molecule has 1 saturated heterocycles. The Hall–Kier alpha value is -1.29. The molecule has 0 spiro atoms. The Labute approximate surface area is 96.4 Å². The molecule has 0 aromatic carbocycles. The second-order valence-electron chi connectivity index (χ2n) is 4.30. The Morgan fingerprint density at radius 1 is 1.50 bits per heavy atom. The molecule has 4 heteroatoms. The van der Waals surface area contributed by atoms with Gasteiger partial charge in [0.2, 0.25) is 0 Å². The van der Waals surface area contributed by atoms with Gasteiger partial charge in [-0.3, -0.25) is 0 Å². The summed E-state index contributed by atoms with van der Waals surface area (Å²) in [6, 6.07) is 5.01. The van der Waals surface area contributed by atoms with Gasteiger partial charge in [0, 0.05) is 12.1 Å². The van der Waals surface area contributed by atoms with Crippen LogP contribution < -0.4 is 15.4 Å². The maximum Gasteiger partial charge on any atom is 0.137 e. The predicted molar refractivity (Wildman–Crippen MR) is 64.9 cm³/mol. The van der Waals surface area contributed by atoms with E-state index in [1.54, 1.807) is 13.3 Å². The largest absolute Gasteiger partial charge is 0.495 e. The van der Waals surface area contributed by atoms with Crippen molar-refractivity contribution in [3.63, 3.8) is 0 Å². The van der Waals surface area contributed by atoms with Crippen molar-refractivity contribution in [2.45, 2.75) is 31.8 Å². The summed E-state index contributed by atoms with van der Waals surface area (Å²) in [6.45, 7) is 3.30. The molecule has 1 aliphatic heterocycles. The summed E-state index contributed by atoms with van der Waals surface area (Å²) in [6.07, 6.45) is 4.04. The molecular weight excluding hydrogens is 202 g/mol. The number of anilines is 1. The Bertz CT molecular complexity index is 326. The van der Waals surface area contributed by atoms with E-state index in [0.29, 0.717) is 12.1 Å². The van der Waals surface area contributed by atoms with Crippen LogP contribution in [-0.4, -0.2) is 30.7 Å². The van der Waals surface area contributed by atoms with Crippen molar-refractivity contribution in [2.75, 3.05) is 19.0 Å². The van der Waals surface area contributed by atoms with Crippen LogP contribution in [0.3, 0.4) is 0 Å². The van der Waals surface area contributed by atoms with Crippen LogP contribution in [0.15, 0.2) is 18.3 Å². The van der Waals surface area contributed by atoms with Gasteiger partial charge in [0.1, 0.15) is 11.6 Å². The highest BCUT2D eigenvalue weighted by molar-refractivity contribution is 5.38. The van der Waals surface area contributed by atoms with Gasteiger partial charge in [-0.1, -0.05) is 0 Å². The number of hydrogen-bond acceptors (Lipinski definition) is 4. The summed E-state index contributed by atoms with van der Waals surface area (Å²) < 4.78 is 5.08. The molecule has 1 aromatic rings. The third-order valence-corrected chi connectivity index (χ3v) is 2.95. The van der Waals surface area contributed by atoms with Gasteiger partial charge in [0.05, 0.1) is 13.3 Å². The van der Waals surface area contributed by atoms with Gasteiger partial charge in [0.15, 0.2) is 0 Å². The third-order valence-electron chi connectivity index (χ3n) is 2.95. The predicted octanol–water partition coefficient (Wildman–Crippen LogP) is 1.64. The van der Waals surface area contributed by atoms with E-state index in [2.05, 4.69) is 22.5 Å². The maximum absolute atomic E-state index is 5.08. The summed E-state index contributed by atoms with van der Waals surface area (Å²) in [5.74, 6) is 1.73. The molecule has 1 fully saturated rings. The van der Waals surface area contributed by atoms with E-state index in [-0.39, 0.29) is 0 Å². The lowest BCUT2D eigenvalue weighted by atomic mass is 10.0. The molecule has 2 heterocycles. The van der Waals surface area contributed by atoms with Gasteiger partial charge in [-0.15, -0.1) is 0 Å². The number of hydrogen-bond donors (Lipinski definition) is 2. The smallest absolute Gasteiger partial charge is 0.137 e. The zero-order valence-corrected chi connectivity index (χ0v) is 9.86. The van der Waals surface area contributed by atoms with Gasteiger partial charge in [-0.05, 0) is 38.4 Å². The minimum atomic E-state index is 0.525. The number of pyridine rings is 1. The van der Waals surface area contributed by atoms with E-state index in [0.717, 1.165) is 31.0 Å². The summed E-state index contributed by atoms with van der Waals surface area (Å²) in [5, 5.41) is 6.89. The number of rotatable bonds is 3. The highest BCUT2D eigenvalue weighted by Gasteiger charge is 2.17. The van der Waals surface area contributed by atoms with E-state index < -0.39 is 0 Å². The van der Waals surface area contributed by atoms with Gasteiger partial charge in [-0.2, -0.15) is 0 Å². The highest BCUT2D eigenvalue weighted by atomic mass is 16.5. The average molecular weight is 221 g/mol. The van der Waals surface area contributed by atoms with Crippen molar-refractivity contribution >= 4 is 5.82 Å². The second kappa shape index (κ2) is 5.16.